The zero-order chi connectivity index (χ0) is 17.7. The SMILES string of the molecule is O=C(NCCc1ccc(F)cc1)[C@@]1(O)CCN(Cc2ccccc2)C1. The van der Waals surface area contributed by atoms with Crippen LogP contribution < -0.4 is 5.32 Å². The lowest BCUT2D eigenvalue weighted by Gasteiger charge is -2.22. The first kappa shape index (κ1) is 17.6. The Balaban J connectivity index is 1.47. The molecule has 1 aliphatic rings. The van der Waals surface area contributed by atoms with Gasteiger partial charge in [0.25, 0.3) is 5.91 Å². The molecule has 0 bridgehead atoms. The van der Waals surface area contributed by atoms with Crippen molar-refractivity contribution in [1.29, 1.82) is 0 Å². The van der Waals surface area contributed by atoms with Crippen molar-refractivity contribution in [3.05, 3.63) is 71.5 Å². The average Bonchev–Trinajstić information content (AvgIpc) is 3.00. The predicted molar refractivity (Wildman–Crippen MR) is 94.4 cm³/mol. The van der Waals surface area contributed by atoms with Gasteiger partial charge in [0, 0.05) is 26.2 Å². The van der Waals surface area contributed by atoms with Gasteiger partial charge in [-0.15, -0.1) is 0 Å². The Kier molecular flexibility index (Phi) is 5.46. The van der Waals surface area contributed by atoms with E-state index in [9.17, 15) is 14.3 Å². The highest BCUT2D eigenvalue weighted by Crippen LogP contribution is 2.23. The van der Waals surface area contributed by atoms with Crippen molar-refractivity contribution in [2.24, 2.45) is 0 Å². The van der Waals surface area contributed by atoms with Crippen LogP contribution in [0.4, 0.5) is 4.39 Å². The molecule has 0 spiro atoms. The van der Waals surface area contributed by atoms with Gasteiger partial charge in [0.05, 0.1) is 0 Å². The maximum Gasteiger partial charge on any atom is 0.253 e. The highest BCUT2D eigenvalue weighted by atomic mass is 19.1. The summed E-state index contributed by atoms with van der Waals surface area (Å²) in [4.78, 5) is 14.5. The third kappa shape index (κ3) is 4.65. The van der Waals surface area contributed by atoms with E-state index in [1.54, 1.807) is 12.1 Å². The Labute approximate surface area is 147 Å². The molecule has 25 heavy (non-hydrogen) atoms. The van der Waals surface area contributed by atoms with Crippen LogP contribution in [0.15, 0.2) is 54.6 Å². The molecule has 2 aromatic rings. The Morgan fingerprint density at radius 3 is 2.56 bits per heavy atom. The summed E-state index contributed by atoms with van der Waals surface area (Å²) < 4.78 is 12.9. The van der Waals surface area contributed by atoms with Crippen LogP contribution in [-0.2, 0) is 17.8 Å². The van der Waals surface area contributed by atoms with Crippen LogP contribution in [0.1, 0.15) is 17.5 Å². The Morgan fingerprint density at radius 1 is 1.12 bits per heavy atom. The summed E-state index contributed by atoms with van der Waals surface area (Å²) in [6, 6.07) is 16.2. The summed E-state index contributed by atoms with van der Waals surface area (Å²) >= 11 is 0. The number of amides is 1. The molecule has 2 N–H and O–H groups in total. The fourth-order valence-electron chi connectivity index (χ4n) is 3.17. The van der Waals surface area contributed by atoms with Gasteiger partial charge in [0.1, 0.15) is 5.82 Å². The molecule has 0 aliphatic carbocycles. The van der Waals surface area contributed by atoms with Crippen LogP contribution >= 0.6 is 0 Å². The number of nitrogens with zero attached hydrogens (tertiary/aromatic N) is 1. The van der Waals surface area contributed by atoms with Gasteiger partial charge in [0.15, 0.2) is 5.60 Å². The molecule has 0 saturated carbocycles. The van der Waals surface area contributed by atoms with Crippen molar-refractivity contribution < 1.29 is 14.3 Å². The third-order valence-electron chi connectivity index (χ3n) is 4.61. The Morgan fingerprint density at radius 2 is 1.84 bits per heavy atom. The number of carbonyl (C=O) groups is 1. The molecule has 132 valence electrons. The van der Waals surface area contributed by atoms with Crippen LogP contribution in [0.5, 0.6) is 0 Å². The van der Waals surface area contributed by atoms with E-state index in [2.05, 4.69) is 10.2 Å². The molecule has 1 saturated heterocycles. The second-order valence-corrected chi connectivity index (χ2v) is 6.61. The van der Waals surface area contributed by atoms with Gasteiger partial charge >= 0.3 is 0 Å². The first-order chi connectivity index (χ1) is 12.0. The van der Waals surface area contributed by atoms with Gasteiger partial charge in [-0.25, -0.2) is 4.39 Å². The molecule has 0 radical (unpaired) electrons. The molecule has 4 nitrogen and oxygen atoms in total. The number of rotatable bonds is 6. The second-order valence-electron chi connectivity index (χ2n) is 6.61. The van der Waals surface area contributed by atoms with Crippen LogP contribution in [-0.4, -0.2) is 41.1 Å². The molecule has 1 fully saturated rings. The summed E-state index contributed by atoms with van der Waals surface area (Å²) in [5, 5.41) is 13.4. The van der Waals surface area contributed by atoms with Gasteiger partial charge in [0.2, 0.25) is 0 Å². The lowest BCUT2D eigenvalue weighted by molar-refractivity contribution is -0.138. The maximum atomic E-state index is 12.9. The maximum absolute atomic E-state index is 12.9. The van der Waals surface area contributed by atoms with Gasteiger partial charge in [-0.2, -0.15) is 0 Å². The highest BCUT2D eigenvalue weighted by molar-refractivity contribution is 5.85. The van der Waals surface area contributed by atoms with E-state index in [1.807, 2.05) is 30.3 Å². The minimum atomic E-state index is -1.34. The molecule has 2 aromatic carbocycles. The summed E-state index contributed by atoms with van der Waals surface area (Å²) in [5.41, 5.74) is 0.784. The molecule has 0 unspecified atom stereocenters. The average molecular weight is 342 g/mol. The molecule has 1 atom stereocenters. The first-order valence-corrected chi connectivity index (χ1v) is 8.57. The smallest absolute Gasteiger partial charge is 0.253 e. The van der Waals surface area contributed by atoms with Crippen LogP contribution in [0, 0.1) is 5.82 Å². The minimum absolute atomic E-state index is 0.272. The standard InChI is InChI=1S/C20H23FN2O2/c21-18-8-6-16(7-9-18)10-12-22-19(24)20(25)11-13-23(15-20)14-17-4-2-1-3-5-17/h1-9,25H,10-15H2,(H,22,24)/t20-/m1/s1. The van der Waals surface area contributed by atoms with Crippen molar-refractivity contribution in [3.63, 3.8) is 0 Å². The van der Waals surface area contributed by atoms with E-state index in [-0.39, 0.29) is 11.7 Å². The lowest BCUT2D eigenvalue weighted by Crippen LogP contribution is -2.49. The molecule has 3 rings (SSSR count). The number of likely N-dealkylation sites (tertiary alicyclic amines) is 1. The topological polar surface area (TPSA) is 52.6 Å². The third-order valence-corrected chi connectivity index (χ3v) is 4.61. The molecular weight excluding hydrogens is 319 g/mol. The molecular formula is C20H23FN2O2. The molecule has 1 amide bonds. The summed E-state index contributed by atoms with van der Waals surface area (Å²) in [6.07, 6.45) is 1.04. The van der Waals surface area contributed by atoms with E-state index in [0.29, 0.717) is 32.5 Å². The van der Waals surface area contributed by atoms with Crippen molar-refractivity contribution >= 4 is 5.91 Å². The number of β-amino-alcohol motifs (C(OH)–C–C–N with tert-alkyl or cyclic N) is 1. The van der Waals surface area contributed by atoms with Gasteiger partial charge < -0.3 is 10.4 Å². The summed E-state index contributed by atoms with van der Waals surface area (Å²) in [5.74, 6) is -0.600. The number of benzene rings is 2. The lowest BCUT2D eigenvalue weighted by atomic mass is 10.0. The Bertz CT molecular complexity index is 705. The van der Waals surface area contributed by atoms with E-state index < -0.39 is 5.60 Å². The summed E-state index contributed by atoms with van der Waals surface area (Å²) in [7, 11) is 0. The van der Waals surface area contributed by atoms with Gasteiger partial charge in [-0.05, 0) is 36.1 Å². The van der Waals surface area contributed by atoms with Crippen LogP contribution in [0.3, 0.4) is 0 Å². The fraction of sp³-hybridized carbons (Fsp3) is 0.350. The quantitative estimate of drug-likeness (QED) is 0.846. The summed E-state index contributed by atoms with van der Waals surface area (Å²) in [6.45, 7) is 2.18. The zero-order valence-corrected chi connectivity index (χ0v) is 14.1. The van der Waals surface area contributed by atoms with Crippen LogP contribution in [0.25, 0.3) is 0 Å². The molecule has 0 aromatic heterocycles. The number of carbonyl (C=O) groups excluding carboxylic acids is 1. The van der Waals surface area contributed by atoms with E-state index in [1.165, 1.54) is 17.7 Å². The fourth-order valence-corrected chi connectivity index (χ4v) is 3.17. The second kappa shape index (κ2) is 7.76. The zero-order valence-electron chi connectivity index (χ0n) is 14.1. The number of hydrogen-bond acceptors (Lipinski definition) is 3. The minimum Gasteiger partial charge on any atom is -0.379 e. The number of hydrogen-bond donors (Lipinski definition) is 2. The van der Waals surface area contributed by atoms with Crippen molar-refractivity contribution in [1.82, 2.24) is 10.2 Å². The van der Waals surface area contributed by atoms with Crippen molar-refractivity contribution in [2.45, 2.75) is 25.0 Å². The van der Waals surface area contributed by atoms with Gasteiger partial charge in [-0.1, -0.05) is 42.5 Å². The highest BCUT2D eigenvalue weighted by Gasteiger charge is 2.42. The molecule has 1 aliphatic heterocycles. The number of aliphatic hydroxyl groups is 1. The monoisotopic (exact) mass is 342 g/mol. The first-order valence-electron chi connectivity index (χ1n) is 8.57. The Hall–Kier alpha value is -2.24. The molecule has 1 heterocycles. The molecule has 5 heteroatoms. The normalized spacial score (nSPS) is 20.6. The largest absolute Gasteiger partial charge is 0.379 e. The number of halogens is 1. The predicted octanol–water partition coefficient (Wildman–Crippen LogP) is 2.12. The van der Waals surface area contributed by atoms with Crippen LogP contribution in [0.2, 0.25) is 0 Å². The van der Waals surface area contributed by atoms with E-state index in [4.69, 9.17) is 0 Å². The number of nitrogens with one attached hydrogen (secondary N) is 1. The van der Waals surface area contributed by atoms with E-state index in [0.717, 1.165) is 12.1 Å². The van der Waals surface area contributed by atoms with Gasteiger partial charge in [-0.3, -0.25) is 9.69 Å². The van der Waals surface area contributed by atoms with Crippen molar-refractivity contribution in [3.8, 4) is 0 Å². The van der Waals surface area contributed by atoms with E-state index >= 15 is 0 Å². The van der Waals surface area contributed by atoms with Crippen molar-refractivity contribution in [2.75, 3.05) is 19.6 Å².